The zero-order valence-corrected chi connectivity index (χ0v) is 13.8. The first-order valence-corrected chi connectivity index (χ1v) is 9.27. The molecular formula is C14H29N3O2S. The predicted molar refractivity (Wildman–Crippen MR) is 81.7 cm³/mol. The summed E-state index contributed by atoms with van der Waals surface area (Å²) in [5, 5.41) is 3.33. The smallest absolute Gasteiger partial charge is 0.281 e. The molecule has 1 saturated carbocycles. The zero-order chi connectivity index (χ0) is 14.8. The summed E-state index contributed by atoms with van der Waals surface area (Å²) in [6.07, 6.45) is 3.27. The molecule has 0 aromatic carbocycles. The fourth-order valence-electron chi connectivity index (χ4n) is 3.03. The quantitative estimate of drug-likeness (QED) is 0.767. The lowest BCUT2D eigenvalue weighted by atomic mass is 10.00. The van der Waals surface area contributed by atoms with Gasteiger partial charge in [0.25, 0.3) is 10.2 Å². The minimum atomic E-state index is -3.26. The molecule has 0 aromatic rings. The third-order valence-corrected chi connectivity index (χ3v) is 6.57. The van der Waals surface area contributed by atoms with Gasteiger partial charge < -0.3 is 5.32 Å². The molecule has 2 rings (SSSR count). The second-order valence-electron chi connectivity index (χ2n) is 6.44. The van der Waals surface area contributed by atoms with Crippen LogP contribution in [0.15, 0.2) is 0 Å². The summed E-state index contributed by atoms with van der Waals surface area (Å²) in [5.74, 6) is 1.71. The standard InChI is InChI=1S/C14H29N3O2S/c1-4-15-9-13-6-5-7-17(10-13)20(18,19)16(3)11-14-8-12(14)2/h12-15H,4-11H2,1-3H3. The van der Waals surface area contributed by atoms with E-state index in [2.05, 4.69) is 19.2 Å². The van der Waals surface area contributed by atoms with Crippen LogP contribution in [0.2, 0.25) is 0 Å². The molecule has 1 saturated heterocycles. The summed E-state index contributed by atoms with van der Waals surface area (Å²) < 4.78 is 28.5. The van der Waals surface area contributed by atoms with Gasteiger partial charge in [-0.2, -0.15) is 17.0 Å². The lowest BCUT2D eigenvalue weighted by molar-refractivity contribution is 0.246. The molecule has 1 heterocycles. The van der Waals surface area contributed by atoms with Crippen molar-refractivity contribution in [2.75, 3.05) is 39.8 Å². The monoisotopic (exact) mass is 303 g/mol. The Morgan fingerprint density at radius 1 is 1.40 bits per heavy atom. The molecule has 0 spiro atoms. The number of piperidine rings is 1. The molecule has 1 aliphatic heterocycles. The van der Waals surface area contributed by atoms with Gasteiger partial charge in [-0.1, -0.05) is 13.8 Å². The van der Waals surface area contributed by atoms with Crippen LogP contribution in [0.4, 0.5) is 0 Å². The molecule has 1 N–H and O–H groups in total. The highest BCUT2D eigenvalue weighted by molar-refractivity contribution is 7.86. The van der Waals surface area contributed by atoms with E-state index < -0.39 is 10.2 Å². The van der Waals surface area contributed by atoms with Crippen molar-refractivity contribution in [3.05, 3.63) is 0 Å². The molecule has 118 valence electrons. The number of hydrogen-bond donors (Lipinski definition) is 1. The maximum Gasteiger partial charge on any atom is 0.281 e. The van der Waals surface area contributed by atoms with E-state index in [-0.39, 0.29) is 0 Å². The van der Waals surface area contributed by atoms with Crippen LogP contribution in [0.3, 0.4) is 0 Å². The van der Waals surface area contributed by atoms with Crippen LogP contribution in [0.25, 0.3) is 0 Å². The van der Waals surface area contributed by atoms with Crippen molar-refractivity contribution in [3.8, 4) is 0 Å². The molecule has 3 atom stereocenters. The molecule has 20 heavy (non-hydrogen) atoms. The van der Waals surface area contributed by atoms with E-state index in [9.17, 15) is 8.42 Å². The van der Waals surface area contributed by atoms with Crippen LogP contribution in [-0.4, -0.2) is 56.8 Å². The Morgan fingerprint density at radius 2 is 2.10 bits per heavy atom. The Morgan fingerprint density at radius 3 is 2.70 bits per heavy atom. The van der Waals surface area contributed by atoms with Gasteiger partial charge >= 0.3 is 0 Å². The number of nitrogens with one attached hydrogen (secondary N) is 1. The lowest BCUT2D eigenvalue weighted by Gasteiger charge is -2.34. The van der Waals surface area contributed by atoms with Crippen LogP contribution in [0, 0.1) is 17.8 Å². The summed E-state index contributed by atoms with van der Waals surface area (Å²) in [6, 6.07) is 0. The van der Waals surface area contributed by atoms with Crippen molar-refractivity contribution >= 4 is 10.2 Å². The molecule has 2 fully saturated rings. The predicted octanol–water partition coefficient (Wildman–Crippen LogP) is 1.14. The Kier molecular flexibility index (Phi) is 5.45. The van der Waals surface area contributed by atoms with E-state index in [1.165, 1.54) is 6.42 Å². The van der Waals surface area contributed by atoms with Gasteiger partial charge in [-0.3, -0.25) is 0 Å². The number of hydrogen-bond acceptors (Lipinski definition) is 3. The Labute approximate surface area is 123 Å². The van der Waals surface area contributed by atoms with Crippen molar-refractivity contribution in [1.29, 1.82) is 0 Å². The molecule has 6 heteroatoms. The molecule has 1 aliphatic carbocycles. The maximum atomic E-state index is 12.6. The summed E-state index contributed by atoms with van der Waals surface area (Å²) in [5.41, 5.74) is 0. The first-order valence-electron chi connectivity index (χ1n) is 7.87. The van der Waals surface area contributed by atoms with E-state index >= 15 is 0 Å². The average molecular weight is 303 g/mol. The van der Waals surface area contributed by atoms with Gasteiger partial charge in [0.05, 0.1) is 0 Å². The van der Waals surface area contributed by atoms with E-state index in [1.807, 2.05) is 0 Å². The third kappa shape index (κ3) is 3.93. The zero-order valence-electron chi connectivity index (χ0n) is 13.0. The molecule has 0 radical (unpaired) electrons. The maximum absolute atomic E-state index is 12.6. The molecule has 0 bridgehead atoms. The van der Waals surface area contributed by atoms with Crippen molar-refractivity contribution < 1.29 is 8.42 Å². The third-order valence-electron chi connectivity index (χ3n) is 4.65. The lowest BCUT2D eigenvalue weighted by Crippen LogP contribution is -2.48. The van der Waals surface area contributed by atoms with Crippen LogP contribution < -0.4 is 5.32 Å². The van der Waals surface area contributed by atoms with Crippen LogP contribution in [0.5, 0.6) is 0 Å². The SMILES string of the molecule is CCNCC1CCCN(S(=O)(=O)N(C)CC2CC2C)C1. The fraction of sp³-hybridized carbons (Fsp3) is 1.00. The first kappa shape index (κ1) is 16.2. The van der Waals surface area contributed by atoms with E-state index in [1.54, 1.807) is 15.7 Å². The van der Waals surface area contributed by atoms with Gasteiger partial charge in [0.15, 0.2) is 0 Å². The number of nitrogens with zero attached hydrogens (tertiary/aromatic N) is 2. The van der Waals surface area contributed by atoms with E-state index in [0.29, 0.717) is 37.4 Å². The second kappa shape index (κ2) is 6.73. The molecule has 3 unspecified atom stereocenters. The van der Waals surface area contributed by atoms with E-state index in [0.717, 1.165) is 25.9 Å². The minimum absolute atomic E-state index is 0.451. The van der Waals surface area contributed by atoms with Gasteiger partial charge in [0, 0.05) is 26.7 Å². The molecular weight excluding hydrogens is 274 g/mol. The highest BCUT2D eigenvalue weighted by atomic mass is 32.2. The second-order valence-corrected chi connectivity index (χ2v) is 8.47. The fourth-order valence-corrected chi connectivity index (χ4v) is 4.56. The van der Waals surface area contributed by atoms with Crippen molar-refractivity contribution in [2.24, 2.45) is 17.8 Å². The Balaban J connectivity index is 1.90. The van der Waals surface area contributed by atoms with Gasteiger partial charge in [-0.05, 0) is 50.1 Å². The average Bonchev–Trinajstić information content (AvgIpc) is 3.12. The van der Waals surface area contributed by atoms with Crippen molar-refractivity contribution in [2.45, 2.75) is 33.1 Å². The number of rotatable bonds is 7. The normalized spacial score (nSPS) is 31.7. The van der Waals surface area contributed by atoms with Crippen LogP contribution >= 0.6 is 0 Å². The van der Waals surface area contributed by atoms with Crippen LogP contribution in [0.1, 0.15) is 33.1 Å². The van der Waals surface area contributed by atoms with Gasteiger partial charge in [-0.25, -0.2) is 0 Å². The van der Waals surface area contributed by atoms with Crippen LogP contribution in [-0.2, 0) is 10.2 Å². The summed E-state index contributed by atoms with van der Waals surface area (Å²) in [6.45, 7) is 8.17. The summed E-state index contributed by atoms with van der Waals surface area (Å²) in [7, 11) is -1.53. The molecule has 5 nitrogen and oxygen atoms in total. The highest BCUT2D eigenvalue weighted by Gasteiger charge is 2.38. The molecule has 2 aliphatic rings. The topological polar surface area (TPSA) is 52.7 Å². The van der Waals surface area contributed by atoms with Crippen molar-refractivity contribution in [3.63, 3.8) is 0 Å². The van der Waals surface area contributed by atoms with Gasteiger partial charge in [0.2, 0.25) is 0 Å². The summed E-state index contributed by atoms with van der Waals surface area (Å²) >= 11 is 0. The Hall–Kier alpha value is -0.170. The van der Waals surface area contributed by atoms with E-state index in [4.69, 9.17) is 0 Å². The highest BCUT2D eigenvalue weighted by Crippen LogP contribution is 2.38. The molecule has 0 amide bonds. The Bertz CT molecular complexity index is 413. The molecule has 0 aromatic heterocycles. The first-order chi connectivity index (χ1) is 9.45. The minimum Gasteiger partial charge on any atom is -0.317 e. The summed E-state index contributed by atoms with van der Waals surface area (Å²) in [4.78, 5) is 0. The van der Waals surface area contributed by atoms with Gasteiger partial charge in [-0.15, -0.1) is 0 Å². The van der Waals surface area contributed by atoms with Gasteiger partial charge in [0.1, 0.15) is 0 Å². The largest absolute Gasteiger partial charge is 0.317 e. The van der Waals surface area contributed by atoms with Crippen molar-refractivity contribution in [1.82, 2.24) is 13.9 Å².